The third kappa shape index (κ3) is 2.07. The molecule has 1 heterocycles. The van der Waals surface area contributed by atoms with Crippen molar-refractivity contribution in [2.75, 3.05) is 18.5 Å². The summed E-state index contributed by atoms with van der Waals surface area (Å²) in [6.45, 7) is 4.61. The zero-order valence-corrected chi connectivity index (χ0v) is 11.4. The summed E-state index contributed by atoms with van der Waals surface area (Å²) in [5.41, 5.74) is 4.80. The highest BCUT2D eigenvalue weighted by Gasteiger charge is 2.19. The fourth-order valence-corrected chi connectivity index (χ4v) is 2.38. The molecule has 0 atom stereocenters. The SMILES string of the molecule is C=C1CN=C(c2ccccc2)c2cc(O)ccc2N1C. The Balaban J connectivity index is 2.23. The first-order valence-electron chi connectivity index (χ1n) is 6.51. The van der Waals surface area contributed by atoms with Crippen molar-refractivity contribution >= 4 is 11.4 Å². The molecular formula is C17H16N2O. The molecule has 0 bridgehead atoms. The van der Waals surface area contributed by atoms with Gasteiger partial charge in [-0.1, -0.05) is 36.9 Å². The monoisotopic (exact) mass is 264 g/mol. The fraction of sp³-hybridized carbons (Fsp3) is 0.118. The molecule has 0 aromatic heterocycles. The van der Waals surface area contributed by atoms with Crippen LogP contribution in [0.1, 0.15) is 11.1 Å². The van der Waals surface area contributed by atoms with Crippen LogP contribution in [0.3, 0.4) is 0 Å². The zero-order chi connectivity index (χ0) is 14.1. The maximum Gasteiger partial charge on any atom is 0.116 e. The van der Waals surface area contributed by atoms with Crippen molar-refractivity contribution in [3.63, 3.8) is 0 Å². The van der Waals surface area contributed by atoms with Gasteiger partial charge >= 0.3 is 0 Å². The van der Waals surface area contributed by atoms with Gasteiger partial charge in [0.05, 0.1) is 17.9 Å². The van der Waals surface area contributed by atoms with E-state index in [1.807, 2.05) is 48.3 Å². The lowest BCUT2D eigenvalue weighted by Gasteiger charge is -2.21. The number of rotatable bonds is 1. The third-order valence-corrected chi connectivity index (χ3v) is 3.54. The summed E-state index contributed by atoms with van der Waals surface area (Å²) in [5.74, 6) is 0.244. The number of hydrogen-bond acceptors (Lipinski definition) is 3. The Morgan fingerprint density at radius 1 is 1.15 bits per heavy atom. The van der Waals surface area contributed by atoms with Crippen molar-refractivity contribution in [2.45, 2.75) is 0 Å². The van der Waals surface area contributed by atoms with Crippen molar-refractivity contribution in [3.05, 3.63) is 71.9 Å². The van der Waals surface area contributed by atoms with Gasteiger partial charge in [0.2, 0.25) is 0 Å². The quantitative estimate of drug-likeness (QED) is 0.858. The Hall–Kier alpha value is -2.55. The highest BCUT2D eigenvalue weighted by molar-refractivity contribution is 6.16. The van der Waals surface area contributed by atoms with E-state index in [0.717, 1.165) is 28.2 Å². The molecule has 2 aromatic rings. The molecule has 0 amide bonds. The van der Waals surface area contributed by atoms with Gasteiger partial charge in [-0.2, -0.15) is 0 Å². The molecule has 1 aliphatic rings. The summed E-state index contributed by atoms with van der Waals surface area (Å²) in [6, 6.07) is 15.4. The summed E-state index contributed by atoms with van der Waals surface area (Å²) >= 11 is 0. The van der Waals surface area contributed by atoms with Gasteiger partial charge in [0.15, 0.2) is 0 Å². The van der Waals surface area contributed by atoms with Gasteiger partial charge in [0.1, 0.15) is 5.75 Å². The summed E-state index contributed by atoms with van der Waals surface area (Å²) in [6.07, 6.45) is 0. The van der Waals surface area contributed by atoms with Crippen LogP contribution in [-0.4, -0.2) is 24.4 Å². The molecule has 0 saturated heterocycles. The second-order valence-corrected chi connectivity index (χ2v) is 4.86. The first-order chi connectivity index (χ1) is 9.66. The molecule has 1 aliphatic heterocycles. The average Bonchev–Trinajstić information content (AvgIpc) is 2.58. The van der Waals surface area contributed by atoms with Gasteiger partial charge in [-0.15, -0.1) is 0 Å². The van der Waals surface area contributed by atoms with Crippen molar-refractivity contribution in [2.24, 2.45) is 4.99 Å². The van der Waals surface area contributed by atoms with E-state index < -0.39 is 0 Å². The summed E-state index contributed by atoms with van der Waals surface area (Å²) in [5, 5.41) is 9.80. The first-order valence-corrected chi connectivity index (χ1v) is 6.51. The third-order valence-electron chi connectivity index (χ3n) is 3.54. The van der Waals surface area contributed by atoms with E-state index in [1.165, 1.54) is 0 Å². The second-order valence-electron chi connectivity index (χ2n) is 4.86. The fourth-order valence-electron chi connectivity index (χ4n) is 2.38. The van der Waals surface area contributed by atoms with E-state index in [4.69, 9.17) is 0 Å². The maximum atomic E-state index is 9.80. The number of nitrogens with zero attached hydrogens (tertiary/aromatic N) is 2. The lowest BCUT2D eigenvalue weighted by molar-refractivity contribution is 0.475. The molecule has 0 spiro atoms. The minimum atomic E-state index is 0.244. The maximum absolute atomic E-state index is 9.80. The van der Waals surface area contributed by atoms with E-state index in [-0.39, 0.29) is 5.75 Å². The van der Waals surface area contributed by atoms with Crippen molar-refractivity contribution in [1.29, 1.82) is 0 Å². The molecule has 0 saturated carbocycles. The Kier molecular flexibility index (Phi) is 3.03. The molecule has 0 aliphatic carbocycles. The minimum Gasteiger partial charge on any atom is -0.508 e. The highest BCUT2D eigenvalue weighted by atomic mass is 16.3. The molecule has 2 aromatic carbocycles. The molecule has 3 heteroatoms. The number of fused-ring (bicyclic) bond motifs is 1. The number of hydrogen-bond donors (Lipinski definition) is 1. The van der Waals surface area contributed by atoms with Gasteiger partial charge in [0, 0.05) is 23.9 Å². The molecule has 100 valence electrons. The Labute approximate surface area is 118 Å². The normalized spacial score (nSPS) is 14.6. The lowest BCUT2D eigenvalue weighted by Crippen LogP contribution is -2.17. The smallest absolute Gasteiger partial charge is 0.116 e. The Morgan fingerprint density at radius 2 is 1.90 bits per heavy atom. The molecule has 0 unspecified atom stereocenters. The number of phenols is 1. The largest absolute Gasteiger partial charge is 0.508 e. The summed E-state index contributed by atoms with van der Waals surface area (Å²) in [4.78, 5) is 6.69. The zero-order valence-electron chi connectivity index (χ0n) is 11.4. The van der Waals surface area contributed by atoms with Gasteiger partial charge < -0.3 is 10.0 Å². The van der Waals surface area contributed by atoms with Crippen LogP contribution in [0.15, 0.2) is 65.8 Å². The van der Waals surface area contributed by atoms with Gasteiger partial charge in [0.25, 0.3) is 0 Å². The van der Waals surface area contributed by atoms with Crippen LogP contribution in [0.5, 0.6) is 5.75 Å². The van der Waals surface area contributed by atoms with Crippen LogP contribution < -0.4 is 4.90 Å². The van der Waals surface area contributed by atoms with Crippen LogP contribution in [-0.2, 0) is 0 Å². The molecule has 1 N–H and O–H groups in total. The number of benzodiazepines with no additional fused rings is 1. The van der Waals surface area contributed by atoms with E-state index in [1.54, 1.807) is 12.1 Å². The number of benzene rings is 2. The summed E-state index contributed by atoms with van der Waals surface area (Å²) in [7, 11) is 1.97. The predicted molar refractivity (Wildman–Crippen MR) is 82.6 cm³/mol. The molecule has 3 rings (SSSR count). The van der Waals surface area contributed by atoms with E-state index >= 15 is 0 Å². The van der Waals surface area contributed by atoms with Gasteiger partial charge in [-0.3, -0.25) is 4.99 Å². The van der Waals surface area contributed by atoms with E-state index in [2.05, 4.69) is 11.6 Å². The molecular weight excluding hydrogens is 248 g/mol. The Bertz CT molecular complexity index is 689. The number of phenolic OH excluding ortho intramolecular Hbond substituents is 1. The van der Waals surface area contributed by atoms with E-state index in [9.17, 15) is 5.11 Å². The highest BCUT2D eigenvalue weighted by Crippen LogP contribution is 2.31. The van der Waals surface area contributed by atoms with Crippen molar-refractivity contribution in [1.82, 2.24) is 0 Å². The van der Waals surface area contributed by atoms with Crippen LogP contribution >= 0.6 is 0 Å². The van der Waals surface area contributed by atoms with Crippen molar-refractivity contribution < 1.29 is 5.11 Å². The number of likely N-dealkylation sites (N-methyl/N-ethyl adjacent to an activating group) is 1. The number of anilines is 1. The number of aromatic hydroxyl groups is 1. The van der Waals surface area contributed by atoms with Crippen LogP contribution in [0.4, 0.5) is 5.69 Å². The molecule has 0 radical (unpaired) electrons. The average molecular weight is 264 g/mol. The van der Waals surface area contributed by atoms with E-state index in [0.29, 0.717) is 6.54 Å². The Morgan fingerprint density at radius 3 is 2.65 bits per heavy atom. The van der Waals surface area contributed by atoms with Gasteiger partial charge in [-0.05, 0) is 18.2 Å². The minimum absolute atomic E-state index is 0.244. The predicted octanol–water partition coefficient (Wildman–Crippen LogP) is 3.19. The van der Waals surface area contributed by atoms with Gasteiger partial charge in [-0.25, -0.2) is 0 Å². The van der Waals surface area contributed by atoms with Crippen LogP contribution in [0, 0.1) is 0 Å². The topological polar surface area (TPSA) is 35.8 Å². The van der Waals surface area contributed by atoms with Crippen molar-refractivity contribution in [3.8, 4) is 5.75 Å². The number of aliphatic imine (C=N–C) groups is 1. The molecule has 20 heavy (non-hydrogen) atoms. The lowest BCUT2D eigenvalue weighted by atomic mass is 10.00. The summed E-state index contributed by atoms with van der Waals surface area (Å²) < 4.78 is 0. The standard InChI is InChI=1S/C17H16N2O/c1-12-11-18-17(13-6-4-3-5-7-13)15-10-14(20)8-9-16(15)19(12)2/h3-10,20H,1,11H2,2H3. The first kappa shape index (κ1) is 12.5. The second kappa shape index (κ2) is 4.85. The molecule has 0 fully saturated rings. The van der Waals surface area contributed by atoms with Crippen LogP contribution in [0.25, 0.3) is 0 Å². The van der Waals surface area contributed by atoms with Crippen LogP contribution in [0.2, 0.25) is 0 Å². The molecule has 3 nitrogen and oxygen atoms in total.